The van der Waals surface area contributed by atoms with Crippen molar-refractivity contribution in [2.45, 2.75) is 18.9 Å². The zero-order chi connectivity index (χ0) is 11.7. The number of phenols is 1. The molecular formula is C13H15N3O. The van der Waals surface area contributed by atoms with Crippen LogP contribution in [0.5, 0.6) is 5.75 Å². The molecule has 4 heteroatoms. The number of benzene rings is 1. The number of nitrogens with zero attached hydrogens (tertiary/aromatic N) is 1. The van der Waals surface area contributed by atoms with Gasteiger partial charge in [0.05, 0.1) is 17.9 Å². The molecule has 0 spiro atoms. The Morgan fingerprint density at radius 3 is 2.94 bits per heavy atom. The lowest BCUT2D eigenvalue weighted by atomic mass is 10.1. The van der Waals surface area contributed by atoms with Gasteiger partial charge in [-0.05, 0) is 31.5 Å². The van der Waals surface area contributed by atoms with Crippen molar-refractivity contribution in [2.75, 3.05) is 6.54 Å². The summed E-state index contributed by atoms with van der Waals surface area (Å²) < 4.78 is 0. The molecule has 1 aromatic carbocycles. The van der Waals surface area contributed by atoms with E-state index < -0.39 is 0 Å². The average Bonchev–Trinajstić information content (AvgIpc) is 3.00. The molecule has 0 bridgehead atoms. The van der Waals surface area contributed by atoms with E-state index in [0.29, 0.717) is 6.04 Å². The maximum absolute atomic E-state index is 9.78. The highest BCUT2D eigenvalue weighted by Crippen LogP contribution is 2.29. The van der Waals surface area contributed by atoms with E-state index in [1.807, 2.05) is 18.2 Å². The van der Waals surface area contributed by atoms with E-state index in [2.05, 4.69) is 15.3 Å². The predicted molar refractivity (Wildman–Crippen MR) is 65.7 cm³/mol. The molecule has 1 unspecified atom stereocenters. The van der Waals surface area contributed by atoms with Gasteiger partial charge in [0.1, 0.15) is 11.6 Å². The second kappa shape index (κ2) is 4.22. The first-order valence-corrected chi connectivity index (χ1v) is 5.91. The van der Waals surface area contributed by atoms with Gasteiger partial charge in [0.25, 0.3) is 0 Å². The lowest BCUT2D eigenvalue weighted by Gasteiger charge is -2.05. The number of H-pyrrole nitrogens is 1. The van der Waals surface area contributed by atoms with Crippen molar-refractivity contribution in [3.63, 3.8) is 0 Å². The second-order valence-electron chi connectivity index (χ2n) is 4.35. The zero-order valence-corrected chi connectivity index (χ0v) is 9.48. The molecular weight excluding hydrogens is 214 g/mol. The fraction of sp³-hybridized carbons (Fsp3) is 0.308. The van der Waals surface area contributed by atoms with Gasteiger partial charge in [0.2, 0.25) is 0 Å². The number of hydrogen-bond donors (Lipinski definition) is 3. The van der Waals surface area contributed by atoms with Gasteiger partial charge >= 0.3 is 0 Å². The van der Waals surface area contributed by atoms with Crippen LogP contribution in [0.1, 0.15) is 24.7 Å². The molecule has 3 N–H and O–H groups in total. The third kappa shape index (κ3) is 1.91. The van der Waals surface area contributed by atoms with Crippen LogP contribution < -0.4 is 5.32 Å². The van der Waals surface area contributed by atoms with Crippen molar-refractivity contribution >= 4 is 0 Å². The number of hydrogen-bond acceptors (Lipinski definition) is 3. The number of aromatic nitrogens is 2. The van der Waals surface area contributed by atoms with Crippen molar-refractivity contribution in [3.05, 3.63) is 36.3 Å². The topological polar surface area (TPSA) is 60.9 Å². The lowest BCUT2D eigenvalue weighted by Crippen LogP contribution is -2.14. The van der Waals surface area contributed by atoms with Gasteiger partial charge in [-0.2, -0.15) is 0 Å². The molecule has 1 aromatic heterocycles. The molecule has 1 atom stereocenters. The summed E-state index contributed by atoms with van der Waals surface area (Å²) in [5.74, 6) is 1.24. The van der Waals surface area contributed by atoms with Crippen LogP contribution in [0.15, 0.2) is 30.5 Å². The monoisotopic (exact) mass is 229 g/mol. The third-order valence-electron chi connectivity index (χ3n) is 3.18. The number of nitrogens with one attached hydrogen (secondary N) is 2. The molecule has 0 amide bonds. The van der Waals surface area contributed by atoms with E-state index in [4.69, 9.17) is 0 Å². The fourth-order valence-corrected chi connectivity index (χ4v) is 2.27. The summed E-state index contributed by atoms with van der Waals surface area (Å²) in [6, 6.07) is 7.62. The maximum atomic E-state index is 9.78. The molecule has 0 radical (unpaired) electrons. The van der Waals surface area contributed by atoms with Gasteiger partial charge in [-0.1, -0.05) is 12.1 Å². The normalized spacial score (nSPS) is 19.6. The summed E-state index contributed by atoms with van der Waals surface area (Å²) in [6.45, 7) is 1.05. The molecule has 17 heavy (non-hydrogen) atoms. The number of aromatic hydroxyl groups is 1. The summed E-state index contributed by atoms with van der Waals surface area (Å²) >= 11 is 0. The van der Waals surface area contributed by atoms with E-state index in [9.17, 15) is 5.11 Å². The van der Waals surface area contributed by atoms with E-state index in [-0.39, 0.29) is 5.75 Å². The minimum Gasteiger partial charge on any atom is -0.507 e. The standard InChI is InChI=1S/C13H15N3O/c17-12-6-2-1-4-9(12)11-8-15-13(16-11)10-5-3-7-14-10/h1-2,4,6,8,10,14,17H,3,5,7H2,(H,15,16). The summed E-state index contributed by atoms with van der Waals surface area (Å²) in [7, 11) is 0. The molecule has 4 nitrogen and oxygen atoms in total. The minimum absolute atomic E-state index is 0.280. The Balaban J connectivity index is 1.92. The van der Waals surface area contributed by atoms with E-state index >= 15 is 0 Å². The highest BCUT2D eigenvalue weighted by molar-refractivity contribution is 5.66. The van der Waals surface area contributed by atoms with Crippen LogP contribution in [0.3, 0.4) is 0 Å². The Hall–Kier alpha value is -1.81. The van der Waals surface area contributed by atoms with Gasteiger partial charge < -0.3 is 15.4 Å². The number of aromatic amines is 1. The quantitative estimate of drug-likeness (QED) is 0.740. The van der Waals surface area contributed by atoms with Gasteiger partial charge in [-0.15, -0.1) is 0 Å². The molecule has 1 saturated heterocycles. The molecule has 88 valence electrons. The highest BCUT2D eigenvalue weighted by atomic mass is 16.3. The Morgan fingerprint density at radius 2 is 2.18 bits per heavy atom. The Labute approximate surface area is 99.7 Å². The Morgan fingerprint density at radius 1 is 1.29 bits per heavy atom. The van der Waals surface area contributed by atoms with E-state index in [0.717, 1.165) is 30.0 Å². The van der Waals surface area contributed by atoms with Crippen LogP contribution in [0.25, 0.3) is 11.3 Å². The summed E-state index contributed by atoms with van der Waals surface area (Å²) in [5, 5.41) is 13.2. The van der Waals surface area contributed by atoms with Crippen LogP contribution in [0, 0.1) is 0 Å². The SMILES string of the molecule is Oc1ccccc1-c1cnc(C2CCCN2)[nH]1. The summed E-state index contributed by atoms with van der Waals surface area (Å²) in [5.41, 5.74) is 1.66. The van der Waals surface area contributed by atoms with Crippen LogP contribution >= 0.6 is 0 Å². The molecule has 1 aliphatic heterocycles. The van der Waals surface area contributed by atoms with Gasteiger partial charge in [-0.3, -0.25) is 0 Å². The second-order valence-corrected chi connectivity index (χ2v) is 4.35. The molecule has 1 aliphatic rings. The molecule has 0 aliphatic carbocycles. The number of phenolic OH excluding ortho intramolecular Hbond substituents is 1. The maximum Gasteiger partial charge on any atom is 0.124 e. The molecule has 3 rings (SSSR count). The van der Waals surface area contributed by atoms with Crippen molar-refractivity contribution in [1.82, 2.24) is 15.3 Å². The number of imidazole rings is 1. The largest absolute Gasteiger partial charge is 0.507 e. The molecule has 1 fully saturated rings. The summed E-state index contributed by atoms with van der Waals surface area (Å²) in [6.07, 6.45) is 4.09. The van der Waals surface area contributed by atoms with Crippen molar-refractivity contribution in [1.29, 1.82) is 0 Å². The summed E-state index contributed by atoms with van der Waals surface area (Å²) in [4.78, 5) is 7.67. The van der Waals surface area contributed by atoms with E-state index in [1.54, 1.807) is 12.3 Å². The number of rotatable bonds is 2. The van der Waals surface area contributed by atoms with Gasteiger partial charge in [0.15, 0.2) is 0 Å². The lowest BCUT2D eigenvalue weighted by molar-refractivity contribution is 0.477. The Kier molecular flexibility index (Phi) is 2.57. The Bertz CT molecular complexity index is 515. The number of para-hydroxylation sites is 1. The predicted octanol–water partition coefficient (Wildman–Crippen LogP) is 2.21. The molecule has 2 heterocycles. The first kappa shape index (κ1) is 10.4. The minimum atomic E-state index is 0.280. The highest BCUT2D eigenvalue weighted by Gasteiger charge is 2.19. The first-order chi connectivity index (χ1) is 8.34. The third-order valence-corrected chi connectivity index (χ3v) is 3.18. The van der Waals surface area contributed by atoms with Crippen LogP contribution in [0.2, 0.25) is 0 Å². The molecule has 0 saturated carbocycles. The van der Waals surface area contributed by atoms with Crippen LogP contribution in [-0.4, -0.2) is 21.6 Å². The van der Waals surface area contributed by atoms with E-state index in [1.165, 1.54) is 6.42 Å². The molecule has 2 aromatic rings. The van der Waals surface area contributed by atoms with Gasteiger partial charge in [-0.25, -0.2) is 4.98 Å². The van der Waals surface area contributed by atoms with Crippen LogP contribution in [0.4, 0.5) is 0 Å². The first-order valence-electron chi connectivity index (χ1n) is 5.91. The van der Waals surface area contributed by atoms with Gasteiger partial charge in [0, 0.05) is 5.56 Å². The fourth-order valence-electron chi connectivity index (χ4n) is 2.27. The van der Waals surface area contributed by atoms with Crippen LogP contribution in [-0.2, 0) is 0 Å². The zero-order valence-electron chi connectivity index (χ0n) is 9.48. The van der Waals surface area contributed by atoms with Crippen molar-refractivity contribution < 1.29 is 5.11 Å². The smallest absolute Gasteiger partial charge is 0.124 e. The van der Waals surface area contributed by atoms with Crippen molar-refractivity contribution in [2.24, 2.45) is 0 Å². The average molecular weight is 229 g/mol. The van der Waals surface area contributed by atoms with Crippen molar-refractivity contribution in [3.8, 4) is 17.0 Å².